The summed E-state index contributed by atoms with van der Waals surface area (Å²) in [4.78, 5) is 0. The fourth-order valence-corrected chi connectivity index (χ4v) is 1.39. The SMILES string of the molecule is C=CCO[C@@H]1OC(CO)[C@H](O)[C@H](O)C1[NH-].[Ac].[Ac].[Ac].[Ac]. The quantitative estimate of drug-likeness (QED) is 0.316. The van der Waals surface area contributed by atoms with Gasteiger partial charge in [-0.2, -0.15) is 0 Å². The summed E-state index contributed by atoms with van der Waals surface area (Å²) in [6.07, 6.45) is -2.94. The van der Waals surface area contributed by atoms with E-state index in [-0.39, 0.29) is 183 Å². The van der Waals surface area contributed by atoms with Crippen molar-refractivity contribution in [2.75, 3.05) is 13.2 Å². The molecule has 1 aliphatic rings. The monoisotopic (exact) mass is 1130 g/mol. The van der Waals surface area contributed by atoms with Crippen molar-refractivity contribution in [1.29, 1.82) is 0 Å². The first-order chi connectivity index (χ1) is 7.11. The Labute approximate surface area is 256 Å². The molecular weight excluding hydrogens is 1110 g/mol. The van der Waals surface area contributed by atoms with Gasteiger partial charge >= 0.3 is 0 Å². The molecule has 4 N–H and O–H groups in total. The Morgan fingerprint density at radius 1 is 1.16 bits per heavy atom. The molecule has 5 atom stereocenters. The second-order valence-corrected chi connectivity index (χ2v) is 3.35. The maximum atomic E-state index is 9.48. The first-order valence-electron chi connectivity index (χ1n) is 4.68. The third-order valence-corrected chi connectivity index (χ3v) is 2.26. The van der Waals surface area contributed by atoms with Crippen LogP contribution in [0.3, 0.4) is 0 Å². The first-order valence-corrected chi connectivity index (χ1v) is 4.68. The molecule has 10 heteroatoms. The zero-order valence-electron chi connectivity index (χ0n) is 10.6. The molecule has 4 radical (unpaired) electrons. The van der Waals surface area contributed by atoms with Crippen molar-refractivity contribution in [2.45, 2.75) is 30.6 Å². The van der Waals surface area contributed by atoms with Crippen LogP contribution in [0.1, 0.15) is 0 Å². The average molecular weight is 1130 g/mol. The molecule has 0 aliphatic carbocycles. The Hall–Kier alpha value is 5.27. The van der Waals surface area contributed by atoms with Gasteiger partial charge in [0.05, 0.1) is 19.3 Å². The summed E-state index contributed by atoms with van der Waals surface area (Å²) in [5, 5.41) is 27.8. The zero-order chi connectivity index (χ0) is 11.4. The van der Waals surface area contributed by atoms with Gasteiger partial charge < -0.3 is 30.5 Å². The topological polar surface area (TPSA) is 103 Å². The number of ether oxygens (including phenoxy) is 2. The third-order valence-electron chi connectivity index (χ3n) is 2.26. The van der Waals surface area contributed by atoms with Gasteiger partial charge in [-0.25, -0.2) is 0 Å². The zero-order valence-corrected chi connectivity index (χ0v) is 29.5. The normalized spacial score (nSPS) is 32.7. The molecule has 19 heavy (non-hydrogen) atoms. The molecule has 1 saturated heterocycles. The van der Waals surface area contributed by atoms with E-state index < -0.39 is 37.3 Å². The van der Waals surface area contributed by atoms with Crippen molar-refractivity contribution in [2.24, 2.45) is 0 Å². The molecule has 2 unspecified atom stereocenters. The number of nitrogens with one attached hydrogen (secondary N) is 1. The van der Waals surface area contributed by atoms with Gasteiger partial charge in [0.2, 0.25) is 0 Å². The number of hydrogen-bond donors (Lipinski definition) is 3. The van der Waals surface area contributed by atoms with Crippen LogP contribution in [-0.2, 0) is 9.47 Å². The van der Waals surface area contributed by atoms with Gasteiger partial charge in [0, 0.05) is 176 Å². The van der Waals surface area contributed by atoms with Crippen LogP contribution in [0.5, 0.6) is 0 Å². The van der Waals surface area contributed by atoms with Crippen LogP contribution >= 0.6 is 0 Å². The van der Waals surface area contributed by atoms with Crippen LogP contribution in [0.2, 0.25) is 0 Å². The molecular formula is C9H16Ac4NO5-. The van der Waals surface area contributed by atoms with Gasteiger partial charge in [-0.05, 0) is 0 Å². The summed E-state index contributed by atoms with van der Waals surface area (Å²) in [6.45, 7) is 3.19. The second kappa shape index (κ2) is 18.1. The Balaban J connectivity index is -0.000000281. The van der Waals surface area contributed by atoms with Crippen molar-refractivity contribution in [3.63, 3.8) is 0 Å². The fraction of sp³-hybridized carbons (Fsp3) is 0.778. The van der Waals surface area contributed by atoms with Crippen LogP contribution < -0.4 is 0 Å². The van der Waals surface area contributed by atoms with Gasteiger partial charge in [0.15, 0.2) is 0 Å². The van der Waals surface area contributed by atoms with Crippen LogP contribution in [0.15, 0.2) is 12.7 Å². The van der Waals surface area contributed by atoms with Crippen molar-refractivity contribution in [3.8, 4) is 0 Å². The molecule has 1 heterocycles. The van der Waals surface area contributed by atoms with Gasteiger partial charge in [-0.3, -0.25) is 0 Å². The molecule has 100 valence electrons. The van der Waals surface area contributed by atoms with Crippen LogP contribution in [0.25, 0.3) is 5.73 Å². The minimum atomic E-state index is -1.29. The molecule has 1 rings (SSSR count). The van der Waals surface area contributed by atoms with E-state index in [0.29, 0.717) is 0 Å². The third kappa shape index (κ3) is 10.8. The molecule has 0 aromatic heterocycles. The van der Waals surface area contributed by atoms with E-state index in [1.54, 1.807) is 0 Å². The van der Waals surface area contributed by atoms with E-state index in [2.05, 4.69) is 6.58 Å². The Morgan fingerprint density at radius 3 is 2.11 bits per heavy atom. The minimum absolute atomic E-state index is 0. The summed E-state index contributed by atoms with van der Waals surface area (Å²) >= 11 is 0. The molecule has 0 bridgehead atoms. The van der Waals surface area contributed by atoms with E-state index >= 15 is 0 Å². The Kier molecular flexibility index (Phi) is 30.4. The van der Waals surface area contributed by atoms with Crippen molar-refractivity contribution >= 4 is 0 Å². The number of rotatable bonds is 4. The van der Waals surface area contributed by atoms with Crippen molar-refractivity contribution < 1.29 is 201 Å². The van der Waals surface area contributed by atoms with Crippen molar-refractivity contribution in [1.82, 2.24) is 0 Å². The molecule has 0 aromatic carbocycles. The first kappa shape index (κ1) is 32.0. The maximum Gasteiger partial charge on any atom is 0.145 e. The molecule has 0 aromatic rings. The molecule has 6 nitrogen and oxygen atoms in total. The molecule has 0 amide bonds. The van der Waals surface area contributed by atoms with E-state index in [1.807, 2.05) is 0 Å². The van der Waals surface area contributed by atoms with Crippen LogP contribution in [0, 0.1) is 176 Å². The van der Waals surface area contributed by atoms with Crippen LogP contribution in [0.4, 0.5) is 0 Å². The summed E-state index contributed by atoms with van der Waals surface area (Å²) in [5.41, 5.74) is 7.53. The van der Waals surface area contributed by atoms with Gasteiger partial charge in [-0.1, -0.05) is 12.1 Å². The molecule has 1 aliphatic heterocycles. The number of aliphatic hydroxyl groups excluding tert-OH is 3. The predicted molar refractivity (Wildman–Crippen MR) is 52.0 cm³/mol. The summed E-state index contributed by atoms with van der Waals surface area (Å²) < 4.78 is 10.2. The predicted octanol–water partition coefficient (Wildman–Crippen LogP) is -0.951. The Morgan fingerprint density at radius 2 is 1.68 bits per heavy atom. The van der Waals surface area contributed by atoms with Gasteiger partial charge in [0.1, 0.15) is 18.5 Å². The molecule has 1 fully saturated rings. The van der Waals surface area contributed by atoms with Crippen LogP contribution in [-0.4, -0.2) is 59.2 Å². The smallest absolute Gasteiger partial charge is 0.145 e. The number of hydrogen-bond acceptors (Lipinski definition) is 5. The Bertz CT molecular complexity index is 225. The largest absolute Gasteiger partial charge is 0.668 e. The number of aliphatic hydroxyl groups is 3. The average Bonchev–Trinajstić information content (AvgIpc) is 2.25. The fourth-order valence-electron chi connectivity index (χ4n) is 1.39. The maximum absolute atomic E-state index is 9.48. The summed E-state index contributed by atoms with van der Waals surface area (Å²) in [7, 11) is 0. The van der Waals surface area contributed by atoms with Gasteiger partial charge in [0.25, 0.3) is 0 Å². The minimum Gasteiger partial charge on any atom is -0.668 e. The van der Waals surface area contributed by atoms with Gasteiger partial charge in [-0.15, -0.1) is 6.58 Å². The second-order valence-electron chi connectivity index (χ2n) is 3.35. The standard InChI is InChI=1S/C9H16NO5.4Ac/c1-2-3-14-9-6(10)8(13)7(12)5(4-11)15-9;;;;/h2,5-13H,1,3-4H2;;;;/q-1;;;;/t5?,6?,7-,8+,9+;;;;/m0..../s1. The summed E-state index contributed by atoms with van der Waals surface area (Å²) in [5.74, 6) is 0. The molecule has 0 spiro atoms. The van der Waals surface area contributed by atoms with E-state index in [1.165, 1.54) is 6.08 Å². The van der Waals surface area contributed by atoms with Crippen molar-refractivity contribution in [3.05, 3.63) is 18.4 Å². The van der Waals surface area contributed by atoms with E-state index in [9.17, 15) is 10.2 Å². The summed E-state index contributed by atoms with van der Waals surface area (Å²) in [6, 6.07) is -1.09. The van der Waals surface area contributed by atoms with E-state index in [0.717, 1.165) is 0 Å². The molecule has 0 saturated carbocycles. The van der Waals surface area contributed by atoms with E-state index in [4.69, 9.17) is 20.3 Å².